The Morgan fingerprint density at radius 2 is 2.04 bits per heavy atom. The number of ether oxygens (including phenoxy) is 1. The van der Waals surface area contributed by atoms with Gasteiger partial charge in [-0.2, -0.15) is 13.2 Å². The van der Waals surface area contributed by atoms with Crippen molar-refractivity contribution in [2.24, 2.45) is 0 Å². The third-order valence-corrected chi connectivity index (χ3v) is 2.72. The number of benzene rings is 1. The molecule has 0 saturated heterocycles. The van der Waals surface area contributed by atoms with E-state index in [1.807, 2.05) is 0 Å². The van der Waals surface area contributed by atoms with E-state index in [1.54, 1.807) is 0 Å². The Labute approximate surface area is 127 Å². The second-order valence-electron chi connectivity index (χ2n) is 4.33. The van der Waals surface area contributed by atoms with Crippen LogP contribution in [0.25, 0.3) is 0 Å². The van der Waals surface area contributed by atoms with Gasteiger partial charge in [0.1, 0.15) is 6.04 Å². The minimum Gasteiger partial charge on any atom is -0.502 e. The first kappa shape index (κ1) is 18.2. The molecule has 11 heteroatoms. The molecule has 126 valence electrons. The van der Waals surface area contributed by atoms with Crippen molar-refractivity contribution in [3.05, 3.63) is 33.9 Å². The molecule has 0 heterocycles. The van der Waals surface area contributed by atoms with Crippen LogP contribution in [0.5, 0.6) is 5.75 Å². The van der Waals surface area contributed by atoms with Crippen LogP contribution in [0.3, 0.4) is 0 Å². The van der Waals surface area contributed by atoms with Crippen molar-refractivity contribution in [2.75, 3.05) is 7.11 Å². The van der Waals surface area contributed by atoms with E-state index < -0.39 is 46.9 Å². The van der Waals surface area contributed by atoms with E-state index in [2.05, 4.69) is 4.74 Å². The number of alkyl halides is 3. The summed E-state index contributed by atoms with van der Waals surface area (Å²) < 4.78 is 41.1. The first-order valence-electron chi connectivity index (χ1n) is 5.98. The van der Waals surface area contributed by atoms with E-state index in [4.69, 9.17) is 0 Å². The molecule has 0 fully saturated rings. The Bertz CT molecular complexity index is 632. The smallest absolute Gasteiger partial charge is 0.471 e. The summed E-state index contributed by atoms with van der Waals surface area (Å²) in [6, 6.07) is 1.30. The number of hydrogen-bond acceptors (Lipinski definition) is 6. The molecule has 1 aromatic rings. The average Bonchev–Trinajstić information content (AvgIpc) is 2.46. The van der Waals surface area contributed by atoms with Gasteiger partial charge in [-0.3, -0.25) is 14.9 Å². The minimum atomic E-state index is -5.20. The number of nitrogens with one attached hydrogen (secondary N) is 1. The van der Waals surface area contributed by atoms with Crippen molar-refractivity contribution in [1.82, 2.24) is 5.32 Å². The van der Waals surface area contributed by atoms with Gasteiger partial charge < -0.3 is 15.2 Å². The standard InChI is InChI=1S/C12H11F3N2O6/c1-23-10(19)7(16-11(20)12(13,14)15)4-6-2-3-9(18)8(5-6)17(21)22/h2-3,5,7,18H,4H2,1H3,(H,16,20). The summed E-state index contributed by atoms with van der Waals surface area (Å²) in [5, 5.41) is 21.4. The van der Waals surface area contributed by atoms with E-state index in [0.717, 1.165) is 25.3 Å². The predicted octanol–water partition coefficient (Wildman–Crippen LogP) is 1.06. The molecule has 1 rings (SSSR count). The van der Waals surface area contributed by atoms with Crippen LogP contribution in [0.1, 0.15) is 5.56 Å². The lowest BCUT2D eigenvalue weighted by Gasteiger charge is -2.17. The van der Waals surface area contributed by atoms with Crippen LogP contribution in [-0.2, 0) is 20.7 Å². The van der Waals surface area contributed by atoms with Gasteiger partial charge in [0, 0.05) is 12.5 Å². The second kappa shape index (κ2) is 6.94. The SMILES string of the molecule is COC(=O)C(Cc1ccc(O)c([N+](=O)[O-])c1)NC(=O)C(F)(F)F. The predicted molar refractivity (Wildman–Crippen MR) is 68.5 cm³/mol. The van der Waals surface area contributed by atoms with Crippen LogP contribution < -0.4 is 5.32 Å². The van der Waals surface area contributed by atoms with Crippen molar-refractivity contribution < 1.29 is 37.5 Å². The topological polar surface area (TPSA) is 119 Å². The molecule has 0 aliphatic heterocycles. The maximum absolute atomic E-state index is 12.3. The molecule has 0 aliphatic rings. The minimum absolute atomic E-state index is 0.0485. The summed E-state index contributed by atoms with van der Waals surface area (Å²) in [5.41, 5.74) is -0.638. The number of nitro benzene ring substituents is 1. The molecule has 1 aromatic carbocycles. The number of methoxy groups -OCH3 is 1. The normalized spacial score (nSPS) is 12.3. The molecule has 0 aliphatic carbocycles. The van der Waals surface area contributed by atoms with Gasteiger partial charge in [-0.1, -0.05) is 6.07 Å². The highest BCUT2D eigenvalue weighted by Crippen LogP contribution is 2.27. The van der Waals surface area contributed by atoms with E-state index in [9.17, 15) is 38.0 Å². The Hall–Kier alpha value is -2.85. The third kappa shape index (κ3) is 4.83. The number of amides is 1. The summed E-state index contributed by atoms with van der Waals surface area (Å²) >= 11 is 0. The van der Waals surface area contributed by atoms with E-state index in [0.29, 0.717) is 0 Å². The van der Waals surface area contributed by atoms with Gasteiger partial charge in [-0.05, 0) is 11.6 Å². The van der Waals surface area contributed by atoms with Crippen LogP contribution in [0.2, 0.25) is 0 Å². The van der Waals surface area contributed by atoms with Crippen molar-refractivity contribution in [2.45, 2.75) is 18.6 Å². The largest absolute Gasteiger partial charge is 0.502 e. The Balaban J connectivity index is 3.03. The molecule has 0 bridgehead atoms. The van der Waals surface area contributed by atoms with Crippen molar-refractivity contribution in [3.8, 4) is 5.75 Å². The van der Waals surface area contributed by atoms with Crippen molar-refractivity contribution in [1.29, 1.82) is 0 Å². The summed E-state index contributed by atoms with van der Waals surface area (Å²) in [5.74, 6) is -4.15. The molecule has 0 aromatic heterocycles. The first-order chi connectivity index (χ1) is 10.6. The number of nitro groups is 1. The average molecular weight is 336 g/mol. The fourth-order valence-corrected chi connectivity index (χ4v) is 1.65. The second-order valence-corrected chi connectivity index (χ2v) is 4.33. The van der Waals surface area contributed by atoms with Gasteiger partial charge in [0.05, 0.1) is 12.0 Å². The number of carbonyl (C=O) groups is 2. The van der Waals surface area contributed by atoms with Crippen LogP contribution in [-0.4, -0.2) is 41.2 Å². The summed E-state index contributed by atoms with van der Waals surface area (Å²) in [7, 11) is 0.911. The lowest BCUT2D eigenvalue weighted by atomic mass is 10.0. The summed E-state index contributed by atoms with van der Waals surface area (Å²) in [4.78, 5) is 32.2. The number of aromatic hydroxyl groups is 1. The Morgan fingerprint density at radius 1 is 1.43 bits per heavy atom. The highest BCUT2D eigenvalue weighted by molar-refractivity contribution is 5.87. The third-order valence-electron chi connectivity index (χ3n) is 2.72. The number of halogens is 3. The van der Waals surface area contributed by atoms with Gasteiger partial charge in [0.2, 0.25) is 0 Å². The maximum Gasteiger partial charge on any atom is 0.471 e. The Kier molecular flexibility index (Phi) is 5.49. The molecule has 1 atom stereocenters. The highest BCUT2D eigenvalue weighted by Gasteiger charge is 2.41. The quantitative estimate of drug-likeness (QED) is 0.471. The lowest BCUT2D eigenvalue weighted by Crippen LogP contribution is -2.48. The molecule has 0 radical (unpaired) electrons. The number of nitrogens with zero attached hydrogens (tertiary/aromatic N) is 1. The zero-order valence-corrected chi connectivity index (χ0v) is 11.6. The number of phenols is 1. The van der Waals surface area contributed by atoms with Gasteiger partial charge in [-0.15, -0.1) is 0 Å². The monoisotopic (exact) mass is 336 g/mol. The summed E-state index contributed by atoms with van der Waals surface area (Å²) in [6.45, 7) is 0. The van der Waals surface area contributed by atoms with E-state index in [1.165, 1.54) is 5.32 Å². The molecular weight excluding hydrogens is 325 g/mol. The zero-order chi connectivity index (χ0) is 17.8. The van der Waals surface area contributed by atoms with Crippen LogP contribution in [0, 0.1) is 10.1 Å². The number of phenolic OH excluding ortho intramolecular Hbond substituents is 1. The number of carbonyl (C=O) groups excluding carboxylic acids is 2. The lowest BCUT2D eigenvalue weighted by molar-refractivity contribution is -0.385. The molecule has 0 spiro atoms. The number of hydrogen-bond donors (Lipinski definition) is 2. The molecule has 1 unspecified atom stereocenters. The van der Waals surface area contributed by atoms with Gasteiger partial charge in [0.25, 0.3) is 0 Å². The van der Waals surface area contributed by atoms with Crippen LogP contribution in [0.4, 0.5) is 18.9 Å². The molecular formula is C12H11F3N2O6. The molecule has 23 heavy (non-hydrogen) atoms. The van der Waals surface area contributed by atoms with Crippen molar-refractivity contribution >= 4 is 17.6 Å². The summed E-state index contributed by atoms with van der Waals surface area (Å²) in [6.07, 6.45) is -5.69. The number of rotatable bonds is 5. The molecule has 2 N–H and O–H groups in total. The van der Waals surface area contributed by atoms with E-state index in [-0.39, 0.29) is 5.56 Å². The fourth-order valence-electron chi connectivity index (χ4n) is 1.65. The highest BCUT2D eigenvalue weighted by atomic mass is 19.4. The van der Waals surface area contributed by atoms with Gasteiger partial charge in [-0.25, -0.2) is 4.79 Å². The first-order valence-corrected chi connectivity index (χ1v) is 5.98. The van der Waals surface area contributed by atoms with Gasteiger partial charge in [0.15, 0.2) is 5.75 Å². The zero-order valence-electron chi connectivity index (χ0n) is 11.6. The fraction of sp³-hybridized carbons (Fsp3) is 0.333. The van der Waals surface area contributed by atoms with Crippen molar-refractivity contribution in [3.63, 3.8) is 0 Å². The molecule has 8 nitrogen and oxygen atoms in total. The molecule has 1 amide bonds. The van der Waals surface area contributed by atoms with Gasteiger partial charge >= 0.3 is 23.7 Å². The van der Waals surface area contributed by atoms with E-state index >= 15 is 0 Å². The Morgan fingerprint density at radius 3 is 2.52 bits per heavy atom. The number of esters is 1. The van der Waals surface area contributed by atoms with Crippen LogP contribution >= 0.6 is 0 Å². The molecule has 0 saturated carbocycles. The maximum atomic E-state index is 12.3. The van der Waals surface area contributed by atoms with Crippen LogP contribution in [0.15, 0.2) is 18.2 Å².